The van der Waals surface area contributed by atoms with Gasteiger partial charge in [-0.3, -0.25) is 0 Å². The zero-order valence-corrected chi connectivity index (χ0v) is 9.78. The maximum Gasteiger partial charge on any atom is 0.338 e. The molecule has 0 atom stereocenters. The smallest absolute Gasteiger partial charge is 0.338 e. The van der Waals surface area contributed by atoms with Crippen molar-refractivity contribution in [2.75, 3.05) is 0 Å². The minimum absolute atomic E-state index is 0.218. The highest BCUT2D eigenvalue weighted by molar-refractivity contribution is 5.91. The van der Waals surface area contributed by atoms with Crippen molar-refractivity contribution in [1.29, 1.82) is 0 Å². The molecule has 0 amide bonds. The van der Waals surface area contributed by atoms with Gasteiger partial charge in [-0.1, -0.05) is 18.2 Å². The topological polar surface area (TPSA) is 58.6 Å². The monoisotopic (exact) mass is 223 g/mol. The Hall–Kier alpha value is -1.39. The quantitative estimate of drug-likeness (QED) is 0.608. The molecule has 1 rings (SSSR count). The largest absolute Gasteiger partial charge is 0.456 e. The van der Waals surface area contributed by atoms with Crippen LogP contribution in [0.2, 0.25) is 0 Å². The second-order valence-corrected chi connectivity index (χ2v) is 4.49. The summed E-state index contributed by atoms with van der Waals surface area (Å²) in [6, 6.07) is 7.02. The first-order valence-electron chi connectivity index (χ1n) is 5.12. The summed E-state index contributed by atoms with van der Waals surface area (Å²) in [5.74, 6) is -0.377. The van der Waals surface area contributed by atoms with E-state index in [0.717, 1.165) is 0 Å². The van der Waals surface area contributed by atoms with E-state index in [4.69, 9.17) is 9.94 Å². The van der Waals surface area contributed by atoms with Crippen LogP contribution < -0.4 is 5.48 Å². The molecule has 2 N–H and O–H groups in total. The summed E-state index contributed by atoms with van der Waals surface area (Å²) in [6.45, 7) is 5.67. The summed E-state index contributed by atoms with van der Waals surface area (Å²) >= 11 is 0. The molecule has 0 aromatic heterocycles. The Kier molecular flexibility index (Phi) is 4.04. The molecule has 1 aromatic rings. The van der Waals surface area contributed by atoms with E-state index >= 15 is 0 Å². The lowest BCUT2D eigenvalue weighted by atomic mass is 10.1. The van der Waals surface area contributed by atoms with Crippen molar-refractivity contribution in [3.8, 4) is 0 Å². The SMILES string of the molecule is CC(C)(C)OC(=O)c1ccccc1CNO. The molecule has 1 aromatic carbocycles. The van der Waals surface area contributed by atoms with Gasteiger partial charge in [-0.05, 0) is 32.4 Å². The van der Waals surface area contributed by atoms with Crippen molar-refractivity contribution >= 4 is 5.97 Å². The maximum atomic E-state index is 11.8. The van der Waals surface area contributed by atoms with E-state index in [9.17, 15) is 4.79 Å². The normalized spacial score (nSPS) is 11.2. The van der Waals surface area contributed by atoms with Crippen LogP contribution in [-0.2, 0) is 11.3 Å². The maximum absolute atomic E-state index is 11.8. The first-order chi connectivity index (χ1) is 7.44. The van der Waals surface area contributed by atoms with Crippen LogP contribution in [0.3, 0.4) is 0 Å². The van der Waals surface area contributed by atoms with E-state index in [2.05, 4.69) is 0 Å². The molecule has 0 saturated heterocycles. The van der Waals surface area contributed by atoms with E-state index in [-0.39, 0.29) is 12.5 Å². The van der Waals surface area contributed by atoms with E-state index < -0.39 is 5.60 Å². The predicted octanol–water partition coefficient (Wildman–Crippen LogP) is 2.12. The summed E-state index contributed by atoms with van der Waals surface area (Å²) in [5.41, 5.74) is 2.70. The highest BCUT2D eigenvalue weighted by atomic mass is 16.6. The third-order valence-electron chi connectivity index (χ3n) is 1.91. The molecule has 0 aliphatic heterocycles. The highest BCUT2D eigenvalue weighted by Gasteiger charge is 2.19. The molecular formula is C12H17NO3. The van der Waals surface area contributed by atoms with Gasteiger partial charge in [-0.25, -0.2) is 10.3 Å². The van der Waals surface area contributed by atoms with Gasteiger partial charge in [-0.15, -0.1) is 0 Å². The van der Waals surface area contributed by atoms with Gasteiger partial charge in [0.2, 0.25) is 0 Å². The number of benzene rings is 1. The molecule has 0 fully saturated rings. The first-order valence-corrected chi connectivity index (χ1v) is 5.12. The molecule has 0 unspecified atom stereocenters. The van der Waals surface area contributed by atoms with Gasteiger partial charge in [-0.2, -0.15) is 0 Å². The third kappa shape index (κ3) is 3.64. The number of hydrogen-bond donors (Lipinski definition) is 2. The van der Waals surface area contributed by atoms with Crippen LogP contribution in [0.4, 0.5) is 0 Å². The van der Waals surface area contributed by atoms with Crippen molar-refractivity contribution in [2.45, 2.75) is 32.9 Å². The van der Waals surface area contributed by atoms with Gasteiger partial charge in [0.1, 0.15) is 5.60 Å². The van der Waals surface area contributed by atoms with Gasteiger partial charge in [0.15, 0.2) is 0 Å². The Morgan fingerprint density at radius 3 is 2.56 bits per heavy atom. The van der Waals surface area contributed by atoms with Crippen LogP contribution in [0, 0.1) is 0 Å². The fraction of sp³-hybridized carbons (Fsp3) is 0.417. The Morgan fingerprint density at radius 2 is 2.00 bits per heavy atom. The average molecular weight is 223 g/mol. The molecule has 0 saturated carbocycles. The number of ether oxygens (including phenoxy) is 1. The predicted molar refractivity (Wildman–Crippen MR) is 60.2 cm³/mol. The molecule has 4 heteroatoms. The lowest BCUT2D eigenvalue weighted by molar-refractivity contribution is 0.00676. The summed E-state index contributed by atoms with van der Waals surface area (Å²) in [4.78, 5) is 11.8. The molecule has 0 spiro atoms. The zero-order chi connectivity index (χ0) is 12.2. The van der Waals surface area contributed by atoms with Crippen LogP contribution >= 0.6 is 0 Å². The van der Waals surface area contributed by atoms with Crippen LogP contribution in [0.15, 0.2) is 24.3 Å². The van der Waals surface area contributed by atoms with Gasteiger partial charge < -0.3 is 9.94 Å². The molecule has 0 heterocycles. The molecule has 16 heavy (non-hydrogen) atoms. The van der Waals surface area contributed by atoms with Crippen molar-refractivity contribution in [2.24, 2.45) is 0 Å². The van der Waals surface area contributed by atoms with E-state index in [0.29, 0.717) is 11.1 Å². The Balaban J connectivity index is 2.90. The summed E-state index contributed by atoms with van der Waals surface area (Å²) < 4.78 is 5.26. The minimum Gasteiger partial charge on any atom is -0.456 e. The van der Waals surface area contributed by atoms with Crippen LogP contribution in [0.5, 0.6) is 0 Å². The lowest BCUT2D eigenvalue weighted by Gasteiger charge is -2.20. The Morgan fingerprint density at radius 1 is 1.38 bits per heavy atom. The fourth-order valence-electron chi connectivity index (χ4n) is 1.29. The van der Waals surface area contributed by atoms with Gasteiger partial charge in [0.05, 0.1) is 5.56 Å². The molecule has 88 valence electrons. The first kappa shape index (κ1) is 12.7. The fourth-order valence-corrected chi connectivity index (χ4v) is 1.29. The van der Waals surface area contributed by atoms with Crippen molar-refractivity contribution in [3.05, 3.63) is 35.4 Å². The van der Waals surface area contributed by atoms with E-state index in [1.54, 1.807) is 24.3 Å². The van der Waals surface area contributed by atoms with Gasteiger partial charge in [0.25, 0.3) is 0 Å². The summed E-state index contributed by atoms with van der Waals surface area (Å²) in [5, 5.41) is 8.66. The van der Waals surface area contributed by atoms with Crippen LogP contribution in [-0.4, -0.2) is 16.8 Å². The summed E-state index contributed by atoms with van der Waals surface area (Å²) in [6.07, 6.45) is 0. The lowest BCUT2D eigenvalue weighted by Crippen LogP contribution is -2.25. The third-order valence-corrected chi connectivity index (χ3v) is 1.91. The molecule has 0 bridgehead atoms. The number of hydroxylamine groups is 1. The molecule has 0 aliphatic rings. The van der Waals surface area contributed by atoms with Gasteiger partial charge >= 0.3 is 5.97 Å². The molecule has 4 nitrogen and oxygen atoms in total. The second-order valence-electron chi connectivity index (χ2n) is 4.49. The second kappa shape index (κ2) is 5.09. The van der Waals surface area contributed by atoms with E-state index in [1.807, 2.05) is 26.3 Å². The minimum atomic E-state index is -0.517. The average Bonchev–Trinajstić information content (AvgIpc) is 2.16. The van der Waals surface area contributed by atoms with Crippen LogP contribution in [0.1, 0.15) is 36.7 Å². The van der Waals surface area contributed by atoms with Crippen molar-refractivity contribution in [1.82, 2.24) is 5.48 Å². The zero-order valence-electron chi connectivity index (χ0n) is 9.78. The number of hydrogen-bond acceptors (Lipinski definition) is 4. The number of nitrogens with one attached hydrogen (secondary N) is 1. The Labute approximate surface area is 95.2 Å². The van der Waals surface area contributed by atoms with Crippen LogP contribution in [0.25, 0.3) is 0 Å². The number of rotatable bonds is 3. The van der Waals surface area contributed by atoms with E-state index in [1.165, 1.54) is 0 Å². The molecule has 0 aliphatic carbocycles. The highest BCUT2D eigenvalue weighted by Crippen LogP contribution is 2.15. The van der Waals surface area contributed by atoms with Crippen molar-refractivity contribution in [3.63, 3.8) is 0 Å². The van der Waals surface area contributed by atoms with Crippen molar-refractivity contribution < 1.29 is 14.7 Å². The van der Waals surface area contributed by atoms with Gasteiger partial charge in [0, 0.05) is 6.54 Å². The Bertz CT molecular complexity index is 369. The number of esters is 1. The standard InChI is InChI=1S/C12H17NO3/c1-12(2,3)16-11(14)10-7-5-4-6-9(10)8-13-15/h4-7,13,15H,8H2,1-3H3. The summed E-state index contributed by atoms with van der Waals surface area (Å²) in [7, 11) is 0. The number of carbonyl (C=O) groups is 1. The number of carbonyl (C=O) groups excluding carboxylic acids is 1. The molecule has 0 radical (unpaired) electrons. The molecular weight excluding hydrogens is 206 g/mol.